The molecule has 3 saturated carbocycles. The fraction of sp³-hybridized carbons (Fsp3) is 0.737. The van der Waals surface area contributed by atoms with Gasteiger partial charge in [-0.05, 0) is 38.5 Å². The molecule has 0 aromatic carbocycles. The lowest BCUT2D eigenvalue weighted by Crippen LogP contribution is -2.64. The molecule has 0 amide bonds. The Hall–Kier alpha value is -2.06. The average Bonchev–Trinajstić information content (AvgIpc) is 3.35. The van der Waals surface area contributed by atoms with Crippen LogP contribution in [0.15, 0.2) is 12.4 Å². The number of fused-ring (bicyclic) bond motifs is 1. The molecule has 6 unspecified atom stereocenters. The summed E-state index contributed by atoms with van der Waals surface area (Å²) >= 11 is 0. The van der Waals surface area contributed by atoms with E-state index in [1.807, 2.05) is 0 Å². The molecule has 1 saturated heterocycles. The van der Waals surface area contributed by atoms with Gasteiger partial charge in [-0.2, -0.15) is 4.39 Å². The maximum absolute atomic E-state index is 16.1. The van der Waals surface area contributed by atoms with Gasteiger partial charge in [0.1, 0.15) is 17.8 Å². The Labute approximate surface area is 159 Å². The lowest BCUT2D eigenvalue weighted by atomic mass is 9.73. The molecule has 6 nitrogen and oxygen atoms in total. The van der Waals surface area contributed by atoms with Crippen LogP contribution in [0.25, 0.3) is 0 Å². The summed E-state index contributed by atoms with van der Waals surface area (Å²) in [7, 11) is 0. The van der Waals surface area contributed by atoms with E-state index in [-0.39, 0.29) is 6.42 Å². The first-order valence-corrected chi connectivity index (χ1v) is 9.48. The zero-order valence-electron chi connectivity index (χ0n) is 15.3. The lowest BCUT2D eigenvalue weighted by Gasteiger charge is -2.40. The van der Waals surface area contributed by atoms with Gasteiger partial charge in [0, 0.05) is 11.8 Å². The van der Waals surface area contributed by atoms with Gasteiger partial charge in [0.25, 0.3) is 11.3 Å². The minimum Gasteiger partial charge on any atom is -0.457 e. The molecule has 28 heavy (non-hydrogen) atoms. The van der Waals surface area contributed by atoms with E-state index >= 15 is 8.78 Å². The van der Waals surface area contributed by atoms with Crippen molar-refractivity contribution in [3.8, 4) is 0 Å². The Bertz CT molecular complexity index is 763. The number of ether oxygens (including phenoxy) is 3. The van der Waals surface area contributed by atoms with Crippen LogP contribution in [0.1, 0.15) is 45.4 Å². The Kier molecular flexibility index (Phi) is 4.11. The van der Waals surface area contributed by atoms with E-state index in [9.17, 15) is 18.8 Å². The third-order valence-corrected chi connectivity index (χ3v) is 6.95. The van der Waals surface area contributed by atoms with Crippen LogP contribution in [0, 0.1) is 11.8 Å². The monoisotopic (exact) mass is 402 g/mol. The number of carbonyl (C=O) groups excluding carboxylic acids is 3. The normalized spacial score (nSPS) is 42.4. The van der Waals surface area contributed by atoms with E-state index in [0.29, 0.717) is 19.3 Å². The molecule has 0 radical (unpaired) electrons. The van der Waals surface area contributed by atoms with Crippen molar-refractivity contribution in [3.63, 3.8) is 0 Å². The van der Waals surface area contributed by atoms with Crippen LogP contribution >= 0.6 is 0 Å². The smallest absolute Gasteiger partial charge is 0.366 e. The van der Waals surface area contributed by atoms with Crippen molar-refractivity contribution >= 4 is 17.9 Å². The third kappa shape index (κ3) is 2.18. The molecule has 9 heteroatoms. The Morgan fingerprint density at radius 2 is 1.89 bits per heavy atom. The summed E-state index contributed by atoms with van der Waals surface area (Å²) in [6, 6.07) is 0. The zero-order chi connectivity index (χ0) is 20.5. The van der Waals surface area contributed by atoms with Gasteiger partial charge < -0.3 is 14.2 Å². The van der Waals surface area contributed by atoms with Crippen LogP contribution in [0.3, 0.4) is 0 Å². The summed E-state index contributed by atoms with van der Waals surface area (Å²) in [6.45, 7) is 4.59. The number of rotatable bonds is 5. The molecular weight excluding hydrogens is 381 g/mol. The first kappa shape index (κ1) is 19.3. The minimum atomic E-state index is -3.37. The minimum absolute atomic E-state index is 0.256. The summed E-state index contributed by atoms with van der Waals surface area (Å²) in [5.41, 5.74) is -7.48. The van der Waals surface area contributed by atoms with Crippen molar-refractivity contribution in [3.05, 3.63) is 12.4 Å². The highest BCUT2D eigenvalue weighted by Gasteiger charge is 2.88. The fourth-order valence-electron chi connectivity index (χ4n) is 5.43. The molecule has 154 valence electrons. The standard InChI is InChI=1S/C19H21F3O6/c1-3-17(6-4-5-7-17)28-16(25)19(22)10-8-11-13(27-15(24)18(11,19)21)12(10)26-14(23)9(2)20/h10-13H,2-8H2,1H3. The topological polar surface area (TPSA) is 78.9 Å². The molecule has 4 fully saturated rings. The van der Waals surface area contributed by atoms with E-state index in [1.165, 1.54) is 0 Å². The largest absolute Gasteiger partial charge is 0.457 e. The fourth-order valence-corrected chi connectivity index (χ4v) is 5.43. The zero-order valence-corrected chi connectivity index (χ0v) is 15.3. The highest BCUT2D eigenvalue weighted by molar-refractivity contribution is 5.97. The molecule has 1 heterocycles. The number of hydrogen-bond acceptors (Lipinski definition) is 6. The highest BCUT2D eigenvalue weighted by atomic mass is 19.2. The van der Waals surface area contributed by atoms with Gasteiger partial charge in [0.15, 0.2) is 0 Å². The summed E-state index contributed by atoms with van der Waals surface area (Å²) in [5, 5.41) is 0. The quantitative estimate of drug-likeness (QED) is 0.400. The maximum Gasteiger partial charge on any atom is 0.366 e. The summed E-state index contributed by atoms with van der Waals surface area (Å²) in [4.78, 5) is 36.7. The molecule has 0 spiro atoms. The number of hydrogen-bond donors (Lipinski definition) is 0. The highest BCUT2D eigenvalue weighted by Crippen LogP contribution is 2.66. The van der Waals surface area contributed by atoms with E-state index in [4.69, 9.17) is 14.2 Å². The first-order chi connectivity index (χ1) is 13.1. The average molecular weight is 402 g/mol. The van der Waals surface area contributed by atoms with Gasteiger partial charge in [-0.15, -0.1) is 0 Å². The molecule has 3 aliphatic carbocycles. The van der Waals surface area contributed by atoms with Crippen molar-refractivity contribution in [1.82, 2.24) is 0 Å². The van der Waals surface area contributed by atoms with Gasteiger partial charge in [-0.3, -0.25) is 0 Å². The van der Waals surface area contributed by atoms with E-state index in [0.717, 1.165) is 12.8 Å². The Balaban J connectivity index is 1.68. The van der Waals surface area contributed by atoms with Crippen LogP contribution in [-0.2, 0) is 28.6 Å². The molecule has 4 rings (SSSR count). The summed E-state index contributed by atoms with van der Waals surface area (Å²) in [5.74, 6) is -8.72. The van der Waals surface area contributed by atoms with Gasteiger partial charge >= 0.3 is 17.9 Å². The number of carbonyl (C=O) groups is 3. The molecule has 6 atom stereocenters. The van der Waals surface area contributed by atoms with Crippen LogP contribution in [0.5, 0.6) is 0 Å². The molecule has 4 aliphatic rings. The van der Waals surface area contributed by atoms with E-state index in [1.54, 1.807) is 6.92 Å². The van der Waals surface area contributed by atoms with Crippen molar-refractivity contribution in [2.45, 2.75) is 74.6 Å². The van der Waals surface area contributed by atoms with Crippen molar-refractivity contribution in [2.75, 3.05) is 0 Å². The second kappa shape index (κ2) is 5.97. The van der Waals surface area contributed by atoms with Gasteiger partial charge in [0.05, 0.1) is 0 Å². The third-order valence-electron chi connectivity index (χ3n) is 6.95. The number of alkyl halides is 2. The molecule has 2 bridgehead atoms. The van der Waals surface area contributed by atoms with Crippen LogP contribution < -0.4 is 0 Å². The first-order valence-electron chi connectivity index (χ1n) is 9.48. The van der Waals surface area contributed by atoms with Gasteiger partial charge in [-0.1, -0.05) is 13.5 Å². The van der Waals surface area contributed by atoms with Crippen LogP contribution in [0.4, 0.5) is 13.2 Å². The maximum atomic E-state index is 16.1. The van der Waals surface area contributed by atoms with Crippen molar-refractivity contribution in [1.29, 1.82) is 0 Å². The SMILES string of the molecule is C=C(F)C(=O)OC1C2OC(=O)C3(F)C2CC1C3(F)C(=O)OC1(CC)CCCC1. The number of halogens is 3. The van der Waals surface area contributed by atoms with Crippen molar-refractivity contribution in [2.24, 2.45) is 11.8 Å². The number of esters is 3. The molecule has 1 aliphatic heterocycles. The molecule has 0 N–H and O–H groups in total. The predicted octanol–water partition coefficient (Wildman–Crippen LogP) is 2.64. The van der Waals surface area contributed by atoms with Crippen molar-refractivity contribution < 1.29 is 41.8 Å². The predicted molar refractivity (Wildman–Crippen MR) is 86.9 cm³/mol. The second-order valence-corrected chi connectivity index (χ2v) is 8.15. The van der Waals surface area contributed by atoms with Crippen LogP contribution in [0.2, 0.25) is 0 Å². The van der Waals surface area contributed by atoms with Gasteiger partial charge in [0.2, 0.25) is 5.83 Å². The molecule has 0 aromatic heterocycles. The lowest BCUT2D eigenvalue weighted by molar-refractivity contribution is -0.200. The van der Waals surface area contributed by atoms with E-state index in [2.05, 4.69) is 6.58 Å². The van der Waals surface area contributed by atoms with Gasteiger partial charge in [-0.25, -0.2) is 23.2 Å². The van der Waals surface area contributed by atoms with Crippen LogP contribution in [-0.4, -0.2) is 47.1 Å². The second-order valence-electron chi connectivity index (χ2n) is 8.15. The molecule has 0 aromatic rings. The summed E-state index contributed by atoms with van der Waals surface area (Å²) in [6.07, 6.45) is 0.0292. The summed E-state index contributed by atoms with van der Waals surface area (Å²) < 4.78 is 60.1. The Morgan fingerprint density at radius 3 is 2.46 bits per heavy atom. The molecular formula is C19H21F3O6. The Morgan fingerprint density at radius 1 is 1.25 bits per heavy atom. The van der Waals surface area contributed by atoms with E-state index < -0.39 is 64.7 Å².